The topological polar surface area (TPSA) is 119 Å². The van der Waals surface area contributed by atoms with E-state index >= 15 is 0 Å². The Morgan fingerprint density at radius 2 is 2.03 bits per heavy atom. The number of anilines is 2. The van der Waals surface area contributed by atoms with E-state index in [1.807, 2.05) is 0 Å². The first-order chi connectivity index (χ1) is 14.5. The Kier molecular flexibility index (Phi) is 5.38. The summed E-state index contributed by atoms with van der Waals surface area (Å²) in [5.74, 6) is 0.521. The van der Waals surface area contributed by atoms with Crippen molar-refractivity contribution in [2.24, 2.45) is 7.05 Å². The zero-order valence-electron chi connectivity index (χ0n) is 16.4. The van der Waals surface area contributed by atoms with Crippen LogP contribution in [0.2, 0.25) is 0 Å². The Balaban J connectivity index is 1.54. The molecule has 4 rings (SSSR count). The van der Waals surface area contributed by atoms with Gasteiger partial charge < -0.3 is 14.8 Å². The number of nitrogens with one attached hydrogen (secondary N) is 1. The van der Waals surface area contributed by atoms with Crippen LogP contribution in [-0.2, 0) is 7.05 Å². The number of nitro benzene ring substituents is 1. The molecule has 1 N–H and O–H groups in total. The third kappa shape index (κ3) is 3.97. The Morgan fingerprint density at radius 1 is 1.23 bits per heavy atom. The lowest BCUT2D eigenvalue weighted by Crippen LogP contribution is -2.43. The fourth-order valence-corrected chi connectivity index (χ4v) is 3.61. The van der Waals surface area contributed by atoms with Gasteiger partial charge in [-0.05, 0) is 31.0 Å². The third-order valence-corrected chi connectivity index (χ3v) is 5.10. The first-order valence-electron chi connectivity index (χ1n) is 9.62. The van der Waals surface area contributed by atoms with E-state index in [9.17, 15) is 14.9 Å². The van der Waals surface area contributed by atoms with Gasteiger partial charge in [-0.3, -0.25) is 14.9 Å². The number of benzene rings is 1. The SMILES string of the molecule is Cn1ccnc1C(=O)c1ccc(NC2CCCN(c3ncccn3)C2)c([N+](=O)[O-])c1. The predicted octanol–water partition coefficient (Wildman–Crippen LogP) is 2.43. The average Bonchev–Trinajstić information content (AvgIpc) is 3.20. The molecule has 30 heavy (non-hydrogen) atoms. The van der Waals surface area contributed by atoms with Crippen molar-refractivity contribution in [3.05, 3.63) is 70.6 Å². The number of hydrogen-bond acceptors (Lipinski definition) is 8. The van der Waals surface area contributed by atoms with Gasteiger partial charge in [0.2, 0.25) is 11.7 Å². The van der Waals surface area contributed by atoms with Crippen LogP contribution >= 0.6 is 0 Å². The number of hydrogen-bond donors (Lipinski definition) is 1. The molecule has 1 fully saturated rings. The van der Waals surface area contributed by atoms with Gasteiger partial charge in [-0.25, -0.2) is 15.0 Å². The lowest BCUT2D eigenvalue weighted by molar-refractivity contribution is -0.384. The smallest absolute Gasteiger partial charge is 0.293 e. The molecule has 10 heteroatoms. The number of aromatic nitrogens is 4. The number of nitrogens with zero attached hydrogens (tertiary/aromatic N) is 6. The Hall–Kier alpha value is -3.82. The summed E-state index contributed by atoms with van der Waals surface area (Å²) in [7, 11) is 1.70. The number of piperidine rings is 1. The van der Waals surface area contributed by atoms with Crippen LogP contribution in [0.4, 0.5) is 17.3 Å². The summed E-state index contributed by atoms with van der Waals surface area (Å²) in [4.78, 5) is 38.5. The second-order valence-corrected chi connectivity index (χ2v) is 7.16. The molecule has 2 aromatic heterocycles. The molecule has 3 heterocycles. The zero-order chi connectivity index (χ0) is 21.1. The van der Waals surface area contributed by atoms with Crippen molar-refractivity contribution in [2.45, 2.75) is 18.9 Å². The molecule has 10 nitrogen and oxygen atoms in total. The number of nitro groups is 1. The normalized spacial score (nSPS) is 16.3. The minimum Gasteiger partial charge on any atom is -0.375 e. The number of rotatable bonds is 6. The van der Waals surface area contributed by atoms with Crippen LogP contribution in [-0.4, -0.2) is 49.4 Å². The van der Waals surface area contributed by atoms with Crippen LogP contribution < -0.4 is 10.2 Å². The van der Waals surface area contributed by atoms with Gasteiger partial charge in [-0.2, -0.15) is 0 Å². The quantitative estimate of drug-likeness (QED) is 0.376. The van der Waals surface area contributed by atoms with Crippen molar-refractivity contribution in [3.63, 3.8) is 0 Å². The summed E-state index contributed by atoms with van der Waals surface area (Å²) in [6.45, 7) is 1.47. The van der Waals surface area contributed by atoms with Crippen LogP contribution in [0.15, 0.2) is 49.1 Å². The summed E-state index contributed by atoms with van der Waals surface area (Å²) in [5, 5.41) is 15.0. The molecule has 1 aromatic carbocycles. The van der Waals surface area contributed by atoms with Crippen molar-refractivity contribution in [1.82, 2.24) is 19.5 Å². The van der Waals surface area contributed by atoms with Crippen molar-refractivity contribution < 1.29 is 9.72 Å². The molecule has 1 atom stereocenters. The van der Waals surface area contributed by atoms with Gasteiger partial charge in [0.25, 0.3) is 5.69 Å². The van der Waals surface area contributed by atoms with E-state index in [2.05, 4.69) is 25.2 Å². The highest BCUT2D eigenvalue weighted by Gasteiger charge is 2.25. The second kappa shape index (κ2) is 8.27. The summed E-state index contributed by atoms with van der Waals surface area (Å²) >= 11 is 0. The second-order valence-electron chi connectivity index (χ2n) is 7.16. The highest BCUT2D eigenvalue weighted by Crippen LogP contribution is 2.29. The van der Waals surface area contributed by atoms with E-state index in [1.54, 1.807) is 48.4 Å². The number of carbonyl (C=O) groups excluding carboxylic acids is 1. The molecular formula is C20H21N7O3. The molecular weight excluding hydrogens is 386 g/mol. The maximum absolute atomic E-state index is 12.7. The molecule has 0 spiro atoms. The largest absolute Gasteiger partial charge is 0.375 e. The van der Waals surface area contributed by atoms with E-state index < -0.39 is 4.92 Å². The molecule has 1 saturated heterocycles. The van der Waals surface area contributed by atoms with E-state index in [4.69, 9.17) is 0 Å². The first-order valence-corrected chi connectivity index (χ1v) is 9.62. The summed E-state index contributed by atoms with van der Waals surface area (Å²) in [5.41, 5.74) is 0.477. The molecule has 1 aliphatic rings. The van der Waals surface area contributed by atoms with E-state index in [0.29, 0.717) is 18.2 Å². The van der Waals surface area contributed by atoms with Gasteiger partial charge in [0.1, 0.15) is 5.69 Å². The molecule has 1 unspecified atom stereocenters. The molecule has 154 valence electrons. The van der Waals surface area contributed by atoms with Gasteiger partial charge in [-0.15, -0.1) is 0 Å². The summed E-state index contributed by atoms with van der Waals surface area (Å²) < 4.78 is 1.59. The Bertz CT molecular complexity index is 1070. The number of aryl methyl sites for hydroxylation is 1. The van der Waals surface area contributed by atoms with Crippen molar-refractivity contribution in [2.75, 3.05) is 23.3 Å². The molecule has 0 amide bonds. The van der Waals surface area contributed by atoms with Crippen LogP contribution in [0, 0.1) is 10.1 Å². The molecule has 3 aromatic rings. The van der Waals surface area contributed by atoms with Gasteiger partial charge in [0.05, 0.1) is 4.92 Å². The van der Waals surface area contributed by atoms with Crippen molar-refractivity contribution in [3.8, 4) is 0 Å². The van der Waals surface area contributed by atoms with Crippen molar-refractivity contribution in [1.29, 1.82) is 0 Å². The third-order valence-electron chi connectivity index (χ3n) is 5.10. The lowest BCUT2D eigenvalue weighted by Gasteiger charge is -2.33. The average molecular weight is 407 g/mol. The predicted molar refractivity (Wildman–Crippen MR) is 111 cm³/mol. The Labute approximate surface area is 172 Å². The maximum Gasteiger partial charge on any atom is 0.293 e. The molecule has 0 bridgehead atoms. The fraction of sp³-hybridized carbons (Fsp3) is 0.300. The number of imidazole rings is 1. The molecule has 1 aliphatic heterocycles. The fourth-order valence-electron chi connectivity index (χ4n) is 3.61. The van der Waals surface area contributed by atoms with E-state index in [0.717, 1.165) is 19.4 Å². The minimum atomic E-state index is -0.474. The van der Waals surface area contributed by atoms with Crippen LogP contribution in [0.5, 0.6) is 0 Å². The van der Waals surface area contributed by atoms with E-state index in [1.165, 1.54) is 12.3 Å². The first kappa shape index (κ1) is 19.5. The van der Waals surface area contributed by atoms with Gasteiger partial charge in [0.15, 0.2) is 5.82 Å². The summed E-state index contributed by atoms with van der Waals surface area (Å²) in [6.07, 6.45) is 8.35. The van der Waals surface area contributed by atoms with Crippen LogP contribution in [0.3, 0.4) is 0 Å². The Morgan fingerprint density at radius 3 is 2.73 bits per heavy atom. The number of ketones is 1. The van der Waals surface area contributed by atoms with E-state index in [-0.39, 0.29) is 28.9 Å². The van der Waals surface area contributed by atoms with Crippen molar-refractivity contribution >= 4 is 23.1 Å². The lowest BCUT2D eigenvalue weighted by atomic mass is 10.0. The highest BCUT2D eigenvalue weighted by atomic mass is 16.6. The minimum absolute atomic E-state index is 0.00246. The summed E-state index contributed by atoms with van der Waals surface area (Å²) in [6, 6.07) is 6.25. The molecule has 0 radical (unpaired) electrons. The standard InChI is InChI=1S/C20H21N7O3/c1-25-11-9-21-19(25)18(28)14-5-6-16(17(12-14)27(29)30)24-15-4-2-10-26(13-15)20-22-7-3-8-23-20/h3,5-9,11-12,15,24H,2,4,10,13H2,1H3. The maximum atomic E-state index is 12.7. The molecule has 0 saturated carbocycles. The van der Waals surface area contributed by atoms with Crippen LogP contribution in [0.25, 0.3) is 0 Å². The monoisotopic (exact) mass is 407 g/mol. The zero-order valence-corrected chi connectivity index (χ0v) is 16.4. The van der Waals surface area contributed by atoms with Gasteiger partial charge >= 0.3 is 0 Å². The molecule has 0 aliphatic carbocycles. The van der Waals surface area contributed by atoms with Gasteiger partial charge in [0, 0.05) is 62.6 Å². The van der Waals surface area contributed by atoms with Crippen LogP contribution in [0.1, 0.15) is 29.0 Å². The van der Waals surface area contributed by atoms with Gasteiger partial charge in [-0.1, -0.05) is 0 Å². The highest BCUT2D eigenvalue weighted by molar-refractivity contribution is 6.07. The number of carbonyl (C=O) groups is 1.